The van der Waals surface area contributed by atoms with E-state index in [2.05, 4.69) is 37.5 Å². The van der Waals surface area contributed by atoms with Gasteiger partial charge < -0.3 is 9.72 Å². The number of methoxy groups -OCH3 is 1. The summed E-state index contributed by atoms with van der Waals surface area (Å²) in [5.41, 5.74) is 4.98. The molecule has 242 valence electrons. The number of halogens is 3. The highest BCUT2D eigenvalue weighted by molar-refractivity contribution is 6.09. The highest BCUT2D eigenvalue weighted by atomic mass is 19.4. The molecular weight excluding hydrogens is 571 g/mol. The number of aromatic nitrogens is 1. The molecular formula is C38H48F3N3O. The Kier molecular flexibility index (Phi) is 9.73. The molecule has 1 aromatic carbocycles. The largest absolute Gasteiger partial charge is 0.497 e. The van der Waals surface area contributed by atoms with E-state index in [0.29, 0.717) is 40.6 Å². The van der Waals surface area contributed by atoms with Gasteiger partial charge in [0.15, 0.2) is 0 Å². The molecule has 1 N–H and O–H groups in total. The van der Waals surface area contributed by atoms with Gasteiger partial charge >= 0.3 is 6.18 Å². The lowest BCUT2D eigenvalue weighted by Crippen LogP contribution is -2.27. The first-order valence-corrected chi connectivity index (χ1v) is 16.8. The molecule has 0 spiro atoms. The van der Waals surface area contributed by atoms with Crippen LogP contribution < -0.4 is 4.74 Å². The van der Waals surface area contributed by atoms with E-state index in [4.69, 9.17) is 16.3 Å². The molecule has 3 aliphatic rings. The molecule has 4 atom stereocenters. The van der Waals surface area contributed by atoms with Crippen molar-refractivity contribution >= 4 is 17.0 Å². The Hall–Kier alpha value is -3.27. The summed E-state index contributed by atoms with van der Waals surface area (Å²) in [7, 11) is 1.61. The number of hydrogen-bond donors (Lipinski definition) is 1. The molecule has 1 aliphatic heterocycles. The van der Waals surface area contributed by atoms with Crippen molar-refractivity contribution in [3.05, 3.63) is 75.0 Å². The molecule has 4 unspecified atom stereocenters. The number of H-pyrrole nitrogens is 1. The molecule has 0 bridgehead atoms. The number of benzene rings is 1. The summed E-state index contributed by atoms with van der Waals surface area (Å²) >= 11 is 0. The molecule has 2 aliphatic carbocycles. The molecule has 2 aromatic rings. The fourth-order valence-electron chi connectivity index (χ4n) is 8.03. The molecule has 1 aromatic heterocycles. The zero-order valence-electron chi connectivity index (χ0n) is 27.9. The van der Waals surface area contributed by atoms with Crippen molar-refractivity contribution in [1.82, 2.24) is 4.98 Å². The Morgan fingerprint density at radius 3 is 1.98 bits per heavy atom. The number of nitrogens with zero attached hydrogens (tertiary/aromatic N) is 2. The maximum absolute atomic E-state index is 15.3. The van der Waals surface area contributed by atoms with Crippen LogP contribution in [0.25, 0.3) is 10.4 Å². The smallest absolute Gasteiger partial charge is 0.418 e. The van der Waals surface area contributed by atoms with Gasteiger partial charge in [0, 0.05) is 17.0 Å². The highest BCUT2D eigenvalue weighted by Gasteiger charge is 2.48. The SMILES string of the molecule is [C-]#[N+]c1c(C(C)C)[nH]c(/C(=C2\N=C(C(C)C)C(C(F)(F)F)=C2C2CCCCC2C)c2ccc(OC)cc2)c1C1CCCCC1C. The predicted molar refractivity (Wildman–Crippen MR) is 177 cm³/mol. The summed E-state index contributed by atoms with van der Waals surface area (Å²) in [5, 5.41) is 0. The molecule has 0 radical (unpaired) electrons. The van der Waals surface area contributed by atoms with Crippen molar-refractivity contribution in [2.45, 2.75) is 111 Å². The van der Waals surface area contributed by atoms with Crippen LogP contribution in [0.1, 0.15) is 127 Å². The molecule has 45 heavy (non-hydrogen) atoms. The monoisotopic (exact) mass is 619 g/mol. The summed E-state index contributed by atoms with van der Waals surface area (Å²) in [5.74, 6) is 0.645. The summed E-state index contributed by atoms with van der Waals surface area (Å²) < 4.78 is 51.3. The molecule has 7 heteroatoms. The summed E-state index contributed by atoms with van der Waals surface area (Å²) in [6.07, 6.45) is 3.24. The Labute approximate surface area is 267 Å². The van der Waals surface area contributed by atoms with Crippen LogP contribution in [0.4, 0.5) is 18.9 Å². The number of aromatic amines is 1. The lowest BCUT2D eigenvalue weighted by molar-refractivity contribution is -0.0873. The maximum Gasteiger partial charge on any atom is 0.418 e. The van der Waals surface area contributed by atoms with Crippen LogP contribution >= 0.6 is 0 Å². The lowest BCUT2D eigenvalue weighted by atomic mass is 9.72. The fraction of sp³-hybridized carbons (Fsp3) is 0.579. The third kappa shape index (κ3) is 6.27. The van der Waals surface area contributed by atoms with E-state index >= 15 is 13.2 Å². The minimum Gasteiger partial charge on any atom is -0.497 e. The number of ether oxygens (including phenoxy) is 1. The van der Waals surface area contributed by atoms with Gasteiger partial charge in [-0.05, 0) is 77.2 Å². The van der Waals surface area contributed by atoms with E-state index in [1.165, 1.54) is 0 Å². The third-order valence-corrected chi connectivity index (χ3v) is 10.4. The number of hydrogen-bond acceptors (Lipinski definition) is 2. The summed E-state index contributed by atoms with van der Waals surface area (Å²) in [4.78, 5) is 12.8. The predicted octanol–water partition coefficient (Wildman–Crippen LogP) is 11.5. The second kappa shape index (κ2) is 13.2. The number of aliphatic imine (C=N–C) groups is 1. The summed E-state index contributed by atoms with van der Waals surface area (Å²) in [6.45, 7) is 20.4. The Bertz CT molecular complexity index is 1530. The highest BCUT2D eigenvalue weighted by Crippen LogP contribution is 2.53. The van der Waals surface area contributed by atoms with Crippen molar-refractivity contribution in [2.75, 3.05) is 7.11 Å². The number of allylic oxidation sites excluding steroid dienone is 2. The van der Waals surface area contributed by atoms with E-state index in [-0.39, 0.29) is 29.4 Å². The van der Waals surface area contributed by atoms with Crippen LogP contribution in [-0.2, 0) is 0 Å². The summed E-state index contributed by atoms with van der Waals surface area (Å²) in [6, 6.07) is 7.59. The first kappa shape index (κ1) is 33.1. The van der Waals surface area contributed by atoms with Gasteiger partial charge in [-0.3, -0.25) is 4.99 Å². The van der Waals surface area contributed by atoms with Gasteiger partial charge in [0.2, 0.25) is 5.69 Å². The van der Waals surface area contributed by atoms with E-state index in [9.17, 15) is 0 Å². The first-order chi connectivity index (χ1) is 21.4. The molecule has 2 heterocycles. The zero-order valence-corrected chi connectivity index (χ0v) is 27.9. The first-order valence-electron chi connectivity index (χ1n) is 16.8. The average Bonchev–Trinajstić information content (AvgIpc) is 3.58. The maximum atomic E-state index is 15.3. The second-order valence-electron chi connectivity index (χ2n) is 14.1. The van der Waals surface area contributed by atoms with E-state index in [0.717, 1.165) is 67.5 Å². The quantitative estimate of drug-likeness (QED) is 0.308. The van der Waals surface area contributed by atoms with Crippen LogP contribution in [0, 0.1) is 30.2 Å². The van der Waals surface area contributed by atoms with E-state index in [1.54, 1.807) is 21.0 Å². The fourth-order valence-corrected chi connectivity index (χ4v) is 8.03. The van der Waals surface area contributed by atoms with Crippen LogP contribution in [0.2, 0.25) is 0 Å². The minimum atomic E-state index is -4.54. The van der Waals surface area contributed by atoms with Gasteiger partial charge in [-0.25, -0.2) is 4.85 Å². The topological polar surface area (TPSA) is 41.7 Å². The van der Waals surface area contributed by atoms with Crippen molar-refractivity contribution in [3.8, 4) is 5.75 Å². The molecule has 5 rings (SSSR count). The standard InChI is InChI=1S/C38H48F3N3O/c1-21(2)33-32(38(39,40)41)30(27-15-11-9-13-23(27)5)35(43-33)29(25-17-19-26(45-8)20-18-25)36-31(28-16-12-10-14-24(28)6)37(42-7)34(44-36)22(3)4/h17-24,27-28,44H,9-16H2,1-6,8H3/b35-29-. The van der Waals surface area contributed by atoms with Gasteiger partial charge in [0.1, 0.15) is 5.75 Å². The Morgan fingerprint density at radius 1 is 0.911 bits per heavy atom. The van der Waals surface area contributed by atoms with Crippen LogP contribution in [-0.4, -0.2) is 24.0 Å². The van der Waals surface area contributed by atoms with Crippen molar-refractivity contribution in [2.24, 2.45) is 28.7 Å². The third-order valence-electron chi connectivity index (χ3n) is 10.4. The molecule has 0 saturated heterocycles. The van der Waals surface area contributed by atoms with E-state index in [1.807, 2.05) is 24.3 Å². The van der Waals surface area contributed by atoms with Gasteiger partial charge in [-0.2, -0.15) is 13.2 Å². The zero-order chi connectivity index (χ0) is 32.6. The van der Waals surface area contributed by atoms with Crippen LogP contribution in [0.15, 0.2) is 46.1 Å². The number of rotatable bonds is 7. The molecule has 0 amide bonds. The van der Waals surface area contributed by atoms with Gasteiger partial charge in [-0.15, -0.1) is 0 Å². The van der Waals surface area contributed by atoms with E-state index < -0.39 is 17.7 Å². The van der Waals surface area contributed by atoms with Gasteiger partial charge in [0.05, 0.1) is 30.7 Å². The minimum absolute atomic E-state index is 0.0417. The Balaban J connectivity index is 1.95. The van der Waals surface area contributed by atoms with Crippen molar-refractivity contribution in [3.63, 3.8) is 0 Å². The Morgan fingerprint density at radius 2 is 1.49 bits per heavy atom. The molecule has 2 saturated carbocycles. The van der Waals surface area contributed by atoms with Crippen molar-refractivity contribution in [1.29, 1.82) is 0 Å². The lowest BCUT2D eigenvalue weighted by Gasteiger charge is -2.33. The number of nitrogens with one attached hydrogen (secondary N) is 1. The normalized spacial score (nSPS) is 25.5. The molecule has 2 fully saturated rings. The average molecular weight is 620 g/mol. The molecule has 4 nitrogen and oxygen atoms in total. The van der Waals surface area contributed by atoms with Crippen LogP contribution in [0.5, 0.6) is 5.75 Å². The van der Waals surface area contributed by atoms with Gasteiger partial charge in [-0.1, -0.05) is 92.2 Å². The van der Waals surface area contributed by atoms with Crippen LogP contribution in [0.3, 0.4) is 0 Å². The van der Waals surface area contributed by atoms with Crippen molar-refractivity contribution < 1.29 is 17.9 Å². The second-order valence-corrected chi connectivity index (χ2v) is 14.1. The number of alkyl halides is 3. The van der Waals surface area contributed by atoms with Gasteiger partial charge in [0.25, 0.3) is 0 Å².